The minimum atomic E-state index is -1.54. The minimum Gasteiger partial charge on any atom is -0.480 e. The second-order valence-corrected chi connectivity index (χ2v) is 5.31. The van der Waals surface area contributed by atoms with Crippen LogP contribution in [0.2, 0.25) is 0 Å². The minimum absolute atomic E-state index is 0.0138. The van der Waals surface area contributed by atoms with Gasteiger partial charge in [0.05, 0.1) is 5.56 Å². The molecule has 1 amide bonds. The highest BCUT2D eigenvalue weighted by atomic mass is 19.1. The molecule has 136 valence electrons. The van der Waals surface area contributed by atoms with Gasteiger partial charge >= 0.3 is 11.9 Å². The molecule has 0 saturated carbocycles. The average Bonchev–Trinajstić information content (AvgIpc) is 2.53. The highest BCUT2D eigenvalue weighted by Gasteiger charge is 2.25. The van der Waals surface area contributed by atoms with Gasteiger partial charge in [-0.05, 0) is 17.7 Å². The number of carbonyl (C=O) groups is 3. The number of halogens is 3. The van der Waals surface area contributed by atoms with E-state index in [9.17, 15) is 32.7 Å². The fraction of sp³-hybridized carbons (Fsp3) is 0.118. The van der Waals surface area contributed by atoms with Gasteiger partial charge in [-0.25, -0.2) is 22.8 Å². The van der Waals surface area contributed by atoms with Crippen LogP contribution >= 0.6 is 0 Å². The van der Waals surface area contributed by atoms with Gasteiger partial charge in [0.25, 0.3) is 5.91 Å². The summed E-state index contributed by atoms with van der Waals surface area (Å²) in [6.07, 6.45) is -0.259. The fourth-order valence-electron chi connectivity index (χ4n) is 2.21. The number of carboxylic acids is 2. The smallest absolute Gasteiger partial charge is 0.335 e. The molecule has 2 aromatic rings. The number of aliphatic carboxylic acids is 1. The number of hydrogen-bond acceptors (Lipinski definition) is 3. The number of hydrogen-bond donors (Lipinski definition) is 3. The molecule has 0 spiro atoms. The van der Waals surface area contributed by atoms with E-state index in [1.165, 1.54) is 24.3 Å². The van der Waals surface area contributed by atoms with Crippen molar-refractivity contribution in [2.24, 2.45) is 0 Å². The molecule has 0 saturated heterocycles. The number of benzene rings is 2. The molecule has 0 aliphatic rings. The molecule has 26 heavy (non-hydrogen) atoms. The molecule has 0 fully saturated rings. The van der Waals surface area contributed by atoms with Crippen molar-refractivity contribution in [3.05, 3.63) is 70.5 Å². The lowest BCUT2D eigenvalue weighted by atomic mass is 10.0. The largest absolute Gasteiger partial charge is 0.480 e. The zero-order chi connectivity index (χ0) is 19.4. The quantitative estimate of drug-likeness (QED) is 0.726. The average molecular weight is 367 g/mol. The first-order valence-corrected chi connectivity index (χ1v) is 7.19. The number of nitrogens with one attached hydrogen (secondary N) is 1. The summed E-state index contributed by atoms with van der Waals surface area (Å²) < 4.78 is 40.1. The van der Waals surface area contributed by atoms with E-state index < -0.39 is 46.9 Å². The van der Waals surface area contributed by atoms with Gasteiger partial charge in [0.1, 0.15) is 29.1 Å². The zero-order valence-electron chi connectivity index (χ0n) is 13.0. The zero-order valence-corrected chi connectivity index (χ0v) is 13.0. The molecule has 0 bridgehead atoms. The van der Waals surface area contributed by atoms with E-state index in [0.717, 1.165) is 0 Å². The van der Waals surface area contributed by atoms with Gasteiger partial charge < -0.3 is 15.5 Å². The summed E-state index contributed by atoms with van der Waals surface area (Å²) in [6.45, 7) is 0. The Morgan fingerprint density at radius 2 is 1.50 bits per heavy atom. The van der Waals surface area contributed by atoms with Crippen LogP contribution in [0.3, 0.4) is 0 Å². The number of amides is 1. The molecule has 0 radical (unpaired) electrons. The van der Waals surface area contributed by atoms with E-state index in [-0.39, 0.29) is 12.0 Å². The summed E-state index contributed by atoms with van der Waals surface area (Å²) >= 11 is 0. The standard InChI is InChI=1S/C17H12F3NO5/c18-10-6-11(19)14(12(20)7-10)15(22)21-13(17(25)26)5-8-1-3-9(4-2-8)16(23)24/h1-4,6-7,13H,5H2,(H,21,22)(H,23,24)(H,25,26)/t13-/m1/s1. The Morgan fingerprint density at radius 3 is 1.96 bits per heavy atom. The van der Waals surface area contributed by atoms with Crippen LogP contribution in [0.5, 0.6) is 0 Å². The molecule has 0 aromatic heterocycles. The van der Waals surface area contributed by atoms with Crippen molar-refractivity contribution in [2.45, 2.75) is 12.5 Å². The SMILES string of the molecule is O=C(O)c1ccc(C[C@@H](NC(=O)c2c(F)cc(F)cc2F)C(=O)O)cc1. The molecule has 2 aromatic carbocycles. The maximum absolute atomic E-state index is 13.6. The Morgan fingerprint density at radius 1 is 0.962 bits per heavy atom. The van der Waals surface area contributed by atoms with E-state index in [4.69, 9.17) is 5.11 Å². The Bertz CT molecular complexity index is 844. The molecule has 6 nitrogen and oxygen atoms in total. The maximum Gasteiger partial charge on any atom is 0.335 e. The first-order valence-electron chi connectivity index (χ1n) is 7.19. The van der Waals surface area contributed by atoms with Crippen molar-refractivity contribution in [1.29, 1.82) is 0 Å². The van der Waals surface area contributed by atoms with Crippen molar-refractivity contribution in [1.82, 2.24) is 5.32 Å². The molecule has 3 N–H and O–H groups in total. The van der Waals surface area contributed by atoms with E-state index in [2.05, 4.69) is 0 Å². The highest BCUT2D eigenvalue weighted by molar-refractivity contribution is 5.97. The fourth-order valence-corrected chi connectivity index (χ4v) is 2.21. The number of carboxylic acid groups (broad SMARTS) is 2. The Kier molecular flexibility index (Phi) is 5.61. The Balaban J connectivity index is 2.19. The summed E-state index contributed by atoms with van der Waals surface area (Å²) in [5, 5.41) is 20.0. The third-order valence-corrected chi connectivity index (χ3v) is 3.48. The second kappa shape index (κ2) is 7.68. The van der Waals surface area contributed by atoms with Gasteiger partial charge in [-0.15, -0.1) is 0 Å². The summed E-state index contributed by atoms with van der Waals surface area (Å²) in [6, 6.07) is 4.27. The van der Waals surface area contributed by atoms with Gasteiger partial charge in [-0.1, -0.05) is 12.1 Å². The molecule has 0 aliphatic carbocycles. The predicted molar refractivity (Wildman–Crippen MR) is 82.3 cm³/mol. The van der Waals surface area contributed by atoms with Crippen LogP contribution in [0.4, 0.5) is 13.2 Å². The molecule has 9 heteroatoms. The lowest BCUT2D eigenvalue weighted by molar-refractivity contribution is -0.139. The molecule has 0 unspecified atom stereocenters. The Hall–Kier alpha value is -3.36. The summed E-state index contributed by atoms with van der Waals surface area (Å²) in [5.41, 5.74) is -0.734. The molecular weight excluding hydrogens is 355 g/mol. The summed E-state index contributed by atoms with van der Waals surface area (Å²) in [7, 11) is 0. The van der Waals surface area contributed by atoms with E-state index in [0.29, 0.717) is 17.7 Å². The van der Waals surface area contributed by atoms with Gasteiger partial charge in [0, 0.05) is 18.6 Å². The van der Waals surface area contributed by atoms with Crippen LogP contribution in [0, 0.1) is 17.5 Å². The normalized spacial score (nSPS) is 11.7. The van der Waals surface area contributed by atoms with Crippen molar-refractivity contribution in [3.8, 4) is 0 Å². The highest BCUT2D eigenvalue weighted by Crippen LogP contribution is 2.15. The summed E-state index contributed by atoms with van der Waals surface area (Å²) in [4.78, 5) is 34.1. The van der Waals surface area contributed by atoms with Crippen LogP contribution in [-0.4, -0.2) is 34.1 Å². The third kappa shape index (κ3) is 4.38. The first-order chi connectivity index (χ1) is 12.2. The molecule has 1 atom stereocenters. The van der Waals surface area contributed by atoms with Gasteiger partial charge in [-0.2, -0.15) is 0 Å². The number of rotatable bonds is 6. The predicted octanol–water partition coefficient (Wildman–Crippen LogP) is 2.23. The molecule has 0 heterocycles. The van der Waals surface area contributed by atoms with Crippen molar-refractivity contribution >= 4 is 17.8 Å². The number of aromatic carboxylic acids is 1. The molecule has 2 rings (SSSR count). The van der Waals surface area contributed by atoms with E-state index in [1.807, 2.05) is 5.32 Å². The molecule has 0 aliphatic heterocycles. The van der Waals surface area contributed by atoms with Crippen molar-refractivity contribution in [2.75, 3.05) is 0 Å². The lowest BCUT2D eigenvalue weighted by Gasteiger charge is -2.15. The monoisotopic (exact) mass is 367 g/mol. The Labute approximate surface area is 144 Å². The van der Waals surface area contributed by atoms with Crippen LogP contribution in [0.15, 0.2) is 36.4 Å². The third-order valence-electron chi connectivity index (χ3n) is 3.48. The summed E-state index contributed by atoms with van der Waals surface area (Å²) in [5.74, 6) is -8.13. The van der Waals surface area contributed by atoms with E-state index >= 15 is 0 Å². The topological polar surface area (TPSA) is 104 Å². The first kappa shape index (κ1) is 19.0. The van der Waals surface area contributed by atoms with Crippen LogP contribution in [0.1, 0.15) is 26.3 Å². The number of carbonyl (C=O) groups excluding carboxylic acids is 1. The van der Waals surface area contributed by atoms with Crippen molar-refractivity contribution in [3.63, 3.8) is 0 Å². The van der Waals surface area contributed by atoms with Gasteiger partial charge in [-0.3, -0.25) is 4.79 Å². The molecular formula is C17H12F3NO5. The van der Waals surface area contributed by atoms with Crippen LogP contribution in [0.25, 0.3) is 0 Å². The lowest BCUT2D eigenvalue weighted by Crippen LogP contribution is -2.43. The van der Waals surface area contributed by atoms with Crippen LogP contribution in [-0.2, 0) is 11.2 Å². The van der Waals surface area contributed by atoms with Gasteiger partial charge in [0.15, 0.2) is 0 Å². The van der Waals surface area contributed by atoms with E-state index in [1.54, 1.807) is 0 Å². The van der Waals surface area contributed by atoms with Crippen molar-refractivity contribution < 1.29 is 37.8 Å². The maximum atomic E-state index is 13.6. The second-order valence-electron chi connectivity index (χ2n) is 5.31. The van der Waals surface area contributed by atoms with Crippen LogP contribution < -0.4 is 5.32 Å². The van der Waals surface area contributed by atoms with Gasteiger partial charge in [0.2, 0.25) is 0 Å².